The van der Waals surface area contributed by atoms with Gasteiger partial charge in [-0.2, -0.15) is 0 Å². The summed E-state index contributed by atoms with van der Waals surface area (Å²) in [6.07, 6.45) is 1.51. The number of nitrogens with zero attached hydrogens (tertiary/aromatic N) is 1. The predicted octanol–water partition coefficient (Wildman–Crippen LogP) is 1.54. The number of sulfonamides is 1. The summed E-state index contributed by atoms with van der Waals surface area (Å²) in [5.74, 6) is -0.456. The molecule has 7 heteroatoms. The summed E-state index contributed by atoms with van der Waals surface area (Å²) in [6, 6.07) is 6.69. The molecule has 1 aromatic heterocycles. The van der Waals surface area contributed by atoms with E-state index in [1.165, 1.54) is 25.4 Å². The van der Waals surface area contributed by atoms with E-state index in [1.807, 2.05) is 0 Å². The molecular formula is C12H11FN2O3S. The zero-order valence-corrected chi connectivity index (χ0v) is 10.8. The first-order valence-electron chi connectivity index (χ1n) is 5.25. The largest absolute Gasteiger partial charge is 0.481 e. The first-order chi connectivity index (χ1) is 8.93. The fraction of sp³-hybridized carbons (Fsp3) is 0.0833. The van der Waals surface area contributed by atoms with Crippen molar-refractivity contribution in [1.82, 2.24) is 4.98 Å². The van der Waals surface area contributed by atoms with E-state index < -0.39 is 15.8 Å². The first-order valence-corrected chi connectivity index (χ1v) is 6.80. The van der Waals surface area contributed by atoms with Crippen LogP contribution in [0, 0.1) is 5.82 Å². The van der Waals surface area contributed by atoms with Crippen LogP contribution in [-0.4, -0.2) is 20.5 Å². The molecule has 1 heterocycles. The fourth-order valence-electron chi connectivity index (χ4n) is 1.65. The molecule has 0 atom stereocenters. The predicted molar refractivity (Wildman–Crippen MR) is 67.6 cm³/mol. The molecule has 100 valence electrons. The van der Waals surface area contributed by atoms with Crippen molar-refractivity contribution in [2.45, 2.75) is 4.90 Å². The summed E-state index contributed by atoms with van der Waals surface area (Å²) >= 11 is 0. The highest BCUT2D eigenvalue weighted by Gasteiger charge is 2.15. The normalized spacial score (nSPS) is 11.3. The second-order valence-corrected chi connectivity index (χ2v) is 5.31. The lowest BCUT2D eigenvalue weighted by Crippen LogP contribution is -2.12. The average Bonchev–Trinajstić information content (AvgIpc) is 2.37. The Bertz CT molecular complexity index is 717. The monoisotopic (exact) mass is 282 g/mol. The number of ether oxygens (including phenoxy) is 1. The number of methoxy groups -OCH3 is 1. The van der Waals surface area contributed by atoms with Gasteiger partial charge in [0.1, 0.15) is 5.82 Å². The molecule has 0 aliphatic carbocycles. The summed E-state index contributed by atoms with van der Waals surface area (Å²) < 4.78 is 41.3. The van der Waals surface area contributed by atoms with E-state index in [4.69, 9.17) is 9.88 Å². The lowest BCUT2D eigenvalue weighted by molar-refractivity contribution is 0.399. The first kappa shape index (κ1) is 13.4. The number of pyridine rings is 1. The van der Waals surface area contributed by atoms with Crippen molar-refractivity contribution in [3.63, 3.8) is 0 Å². The Labute approximate surface area is 109 Å². The summed E-state index contributed by atoms with van der Waals surface area (Å²) in [7, 11) is -2.51. The standard InChI is InChI=1S/C12H11FN2O3S/c1-18-12-10(3-2-6-15-12)9-5-4-8(7-11(9)13)19(14,16)17/h2-7H,1H3,(H2,14,16,17). The van der Waals surface area contributed by atoms with Gasteiger partial charge in [-0.1, -0.05) is 0 Å². The van der Waals surface area contributed by atoms with Crippen LogP contribution in [0.5, 0.6) is 5.88 Å². The maximum atomic E-state index is 14.0. The van der Waals surface area contributed by atoms with E-state index in [1.54, 1.807) is 12.1 Å². The molecule has 0 bridgehead atoms. The highest BCUT2D eigenvalue weighted by molar-refractivity contribution is 7.89. The molecular weight excluding hydrogens is 271 g/mol. The van der Waals surface area contributed by atoms with E-state index >= 15 is 0 Å². The average molecular weight is 282 g/mol. The van der Waals surface area contributed by atoms with Crippen molar-refractivity contribution in [2.24, 2.45) is 5.14 Å². The van der Waals surface area contributed by atoms with Crippen LogP contribution in [0.2, 0.25) is 0 Å². The molecule has 0 radical (unpaired) electrons. The van der Waals surface area contributed by atoms with Crippen molar-refractivity contribution >= 4 is 10.0 Å². The molecule has 0 spiro atoms. The van der Waals surface area contributed by atoms with Crippen LogP contribution in [0.15, 0.2) is 41.4 Å². The lowest BCUT2D eigenvalue weighted by atomic mass is 10.1. The number of primary sulfonamides is 1. The van der Waals surface area contributed by atoms with Crippen LogP contribution in [0.3, 0.4) is 0 Å². The van der Waals surface area contributed by atoms with E-state index in [9.17, 15) is 12.8 Å². The smallest absolute Gasteiger partial charge is 0.238 e. The summed E-state index contributed by atoms with van der Waals surface area (Å²) in [5.41, 5.74) is 0.626. The number of nitrogens with two attached hydrogens (primary N) is 1. The van der Waals surface area contributed by atoms with Crippen molar-refractivity contribution in [1.29, 1.82) is 0 Å². The number of benzene rings is 1. The highest BCUT2D eigenvalue weighted by Crippen LogP contribution is 2.30. The quantitative estimate of drug-likeness (QED) is 0.925. The maximum absolute atomic E-state index is 14.0. The Balaban J connectivity index is 2.59. The van der Waals surface area contributed by atoms with Crippen LogP contribution in [0.1, 0.15) is 0 Å². The van der Waals surface area contributed by atoms with Gasteiger partial charge in [0.2, 0.25) is 15.9 Å². The van der Waals surface area contributed by atoms with Gasteiger partial charge in [-0.05, 0) is 30.3 Å². The molecule has 0 amide bonds. The Kier molecular flexibility index (Phi) is 3.50. The molecule has 0 aliphatic heterocycles. The Morgan fingerprint density at radius 3 is 2.58 bits per heavy atom. The summed E-state index contributed by atoms with van der Waals surface area (Å²) in [5, 5.41) is 4.94. The highest BCUT2D eigenvalue weighted by atomic mass is 32.2. The van der Waals surface area contributed by atoms with Gasteiger partial charge in [0.05, 0.1) is 12.0 Å². The van der Waals surface area contributed by atoms with Gasteiger partial charge >= 0.3 is 0 Å². The van der Waals surface area contributed by atoms with Gasteiger partial charge in [0.25, 0.3) is 0 Å². The zero-order valence-electron chi connectivity index (χ0n) is 10.00. The van der Waals surface area contributed by atoms with Crippen molar-refractivity contribution < 1.29 is 17.5 Å². The van der Waals surface area contributed by atoms with Gasteiger partial charge in [0.15, 0.2) is 0 Å². The second kappa shape index (κ2) is 4.94. The zero-order chi connectivity index (χ0) is 14.0. The number of rotatable bonds is 3. The van der Waals surface area contributed by atoms with Crippen molar-refractivity contribution in [3.05, 3.63) is 42.3 Å². The summed E-state index contributed by atoms with van der Waals surface area (Å²) in [4.78, 5) is 3.67. The van der Waals surface area contributed by atoms with Crippen LogP contribution in [-0.2, 0) is 10.0 Å². The molecule has 0 saturated carbocycles. The van der Waals surface area contributed by atoms with Gasteiger partial charge in [0, 0.05) is 17.3 Å². The van der Waals surface area contributed by atoms with Crippen LogP contribution >= 0.6 is 0 Å². The molecule has 5 nitrogen and oxygen atoms in total. The second-order valence-electron chi connectivity index (χ2n) is 3.75. The molecule has 1 aromatic carbocycles. The van der Waals surface area contributed by atoms with Crippen molar-refractivity contribution in [3.8, 4) is 17.0 Å². The van der Waals surface area contributed by atoms with Gasteiger partial charge < -0.3 is 4.74 Å². The topological polar surface area (TPSA) is 82.3 Å². The van der Waals surface area contributed by atoms with Gasteiger partial charge in [-0.25, -0.2) is 22.9 Å². The maximum Gasteiger partial charge on any atom is 0.238 e. The van der Waals surface area contributed by atoms with E-state index in [0.29, 0.717) is 5.56 Å². The van der Waals surface area contributed by atoms with E-state index in [-0.39, 0.29) is 16.3 Å². The third kappa shape index (κ3) is 2.72. The Hall–Kier alpha value is -1.99. The molecule has 0 unspecified atom stereocenters. The van der Waals surface area contributed by atoms with Crippen molar-refractivity contribution in [2.75, 3.05) is 7.11 Å². The molecule has 19 heavy (non-hydrogen) atoms. The number of aromatic nitrogens is 1. The molecule has 2 aromatic rings. The van der Waals surface area contributed by atoms with Gasteiger partial charge in [-0.3, -0.25) is 0 Å². The van der Waals surface area contributed by atoms with E-state index in [2.05, 4.69) is 4.98 Å². The minimum atomic E-state index is -3.93. The Morgan fingerprint density at radius 2 is 2.00 bits per heavy atom. The number of halogens is 1. The minimum Gasteiger partial charge on any atom is -0.481 e. The summed E-state index contributed by atoms with van der Waals surface area (Å²) in [6.45, 7) is 0. The molecule has 2 N–H and O–H groups in total. The van der Waals surface area contributed by atoms with Crippen LogP contribution < -0.4 is 9.88 Å². The minimum absolute atomic E-state index is 0.192. The lowest BCUT2D eigenvalue weighted by Gasteiger charge is -2.08. The molecule has 2 rings (SSSR count). The third-order valence-electron chi connectivity index (χ3n) is 2.52. The fourth-order valence-corrected chi connectivity index (χ4v) is 2.18. The molecule has 0 saturated heterocycles. The SMILES string of the molecule is COc1ncccc1-c1ccc(S(N)(=O)=O)cc1F. The number of hydrogen-bond donors (Lipinski definition) is 1. The van der Waals surface area contributed by atoms with E-state index in [0.717, 1.165) is 6.07 Å². The van der Waals surface area contributed by atoms with Gasteiger partial charge in [-0.15, -0.1) is 0 Å². The van der Waals surface area contributed by atoms with Crippen LogP contribution in [0.4, 0.5) is 4.39 Å². The Morgan fingerprint density at radius 1 is 1.26 bits per heavy atom. The third-order valence-corrected chi connectivity index (χ3v) is 3.43. The number of hydrogen-bond acceptors (Lipinski definition) is 4. The molecule has 0 aliphatic rings. The van der Waals surface area contributed by atoms with Crippen LogP contribution in [0.25, 0.3) is 11.1 Å². The molecule has 0 fully saturated rings.